The zero-order chi connectivity index (χ0) is 5.11. The molecular formula is C5H5BrN. The normalized spacial score (nSPS) is 9.29. The van der Waals surface area contributed by atoms with Crippen molar-refractivity contribution in [2.24, 2.45) is 0 Å². The third-order valence-electron chi connectivity index (χ3n) is 0.740. The molecule has 0 fully saturated rings. The molecule has 0 aliphatic heterocycles. The van der Waals surface area contributed by atoms with E-state index in [1.54, 1.807) is 0 Å². The zero-order valence-corrected chi connectivity index (χ0v) is 5.30. The topological polar surface area (TPSA) is 4.93 Å². The highest BCUT2D eigenvalue weighted by Crippen LogP contribution is 1.95. The Kier molecular flexibility index (Phi) is 1.52. The molecule has 0 unspecified atom stereocenters. The molecule has 0 amide bonds. The van der Waals surface area contributed by atoms with E-state index in [2.05, 4.69) is 15.9 Å². The summed E-state index contributed by atoms with van der Waals surface area (Å²) < 4.78 is 1.92. The minimum atomic E-state index is 1.81. The Labute approximate surface area is 51.1 Å². The molecule has 0 saturated carbocycles. The predicted octanol–water partition coefficient (Wildman–Crippen LogP) is 1.85. The predicted molar refractivity (Wildman–Crippen MR) is 33.1 cm³/mol. The van der Waals surface area contributed by atoms with E-state index in [0.717, 1.165) is 0 Å². The van der Waals surface area contributed by atoms with Crippen LogP contribution in [-0.2, 0) is 0 Å². The standard InChI is InChI=1S/C5H5BrN/c6-5-7-3-1-2-4-7/h1-5H. The molecule has 0 bridgehead atoms. The number of nitrogens with zero attached hydrogens (tertiary/aromatic N) is 1. The molecule has 0 N–H and O–H groups in total. The maximum atomic E-state index is 3.17. The second kappa shape index (κ2) is 2.17. The first kappa shape index (κ1) is 4.91. The van der Waals surface area contributed by atoms with Crippen molar-refractivity contribution in [1.29, 1.82) is 0 Å². The Balaban J connectivity index is 2.76. The number of hydrogen-bond donors (Lipinski definition) is 0. The Morgan fingerprint density at radius 1 is 1.29 bits per heavy atom. The molecule has 0 spiro atoms. The Bertz CT molecular complexity index is 123. The van der Waals surface area contributed by atoms with Crippen molar-refractivity contribution in [2.45, 2.75) is 0 Å². The van der Waals surface area contributed by atoms with Crippen LogP contribution in [0, 0.1) is 5.45 Å². The summed E-state index contributed by atoms with van der Waals surface area (Å²) in [6.07, 6.45) is 3.91. The first-order valence-corrected chi connectivity index (χ1v) is 2.91. The number of halogens is 1. The number of rotatable bonds is 1. The molecule has 0 atom stereocenters. The summed E-state index contributed by atoms with van der Waals surface area (Å²) in [4.78, 5) is 0. The monoisotopic (exact) mass is 158 g/mol. The molecule has 1 aromatic heterocycles. The summed E-state index contributed by atoms with van der Waals surface area (Å²) >= 11 is 3.17. The highest BCUT2D eigenvalue weighted by Gasteiger charge is 1.78. The van der Waals surface area contributed by atoms with Crippen LogP contribution in [-0.4, -0.2) is 4.57 Å². The summed E-state index contributed by atoms with van der Waals surface area (Å²) in [5.74, 6) is 0. The van der Waals surface area contributed by atoms with Crippen molar-refractivity contribution < 1.29 is 0 Å². The molecular weight excluding hydrogens is 154 g/mol. The number of aromatic nitrogens is 1. The minimum absolute atomic E-state index is 1.81. The van der Waals surface area contributed by atoms with Gasteiger partial charge in [-0.3, -0.25) is 0 Å². The highest BCUT2D eigenvalue weighted by atomic mass is 79.9. The van der Waals surface area contributed by atoms with Gasteiger partial charge in [-0.15, -0.1) is 0 Å². The maximum absolute atomic E-state index is 3.17. The van der Waals surface area contributed by atoms with Gasteiger partial charge in [0.25, 0.3) is 0 Å². The molecule has 37 valence electrons. The molecule has 0 aromatic carbocycles. The van der Waals surface area contributed by atoms with Gasteiger partial charge in [0, 0.05) is 12.4 Å². The van der Waals surface area contributed by atoms with Gasteiger partial charge in [-0.05, 0) is 12.1 Å². The van der Waals surface area contributed by atoms with Crippen molar-refractivity contribution in [1.82, 2.24) is 4.57 Å². The lowest BCUT2D eigenvalue weighted by Gasteiger charge is -1.86. The fourth-order valence-electron chi connectivity index (χ4n) is 0.413. The van der Waals surface area contributed by atoms with E-state index in [1.165, 1.54) is 0 Å². The van der Waals surface area contributed by atoms with Gasteiger partial charge in [-0.2, -0.15) is 0 Å². The van der Waals surface area contributed by atoms with Crippen molar-refractivity contribution in [3.05, 3.63) is 30.0 Å². The second-order valence-electron chi connectivity index (χ2n) is 1.23. The largest absolute Gasteiger partial charge is 0.338 e. The van der Waals surface area contributed by atoms with Crippen LogP contribution >= 0.6 is 15.9 Å². The van der Waals surface area contributed by atoms with Crippen LogP contribution in [0.4, 0.5) is 0 Å². The van der Waals surface area contributed by atoms with Gasteiger partial charge in [0.15, 0.2) is 0 Å². The molecule has 1 nitrogen and oxygen atoms in total. The van der Waals surface area contributed by atoms with E-state index in [1.807, 2.05) is 34.5 Å². The van der Waals surface area contributed by atoms with Crippen molar-refractivity contribution in [3.63, 3.8) is 0 Å². The summed E-state index contributed by atoms with van der Waals surface area (Å²) in [6, 6.07) is 3.94. The molecule has 7 heavy (non-hydrogen) atoms. The lowest BCUT2D eigenvalue weighted by molar-refractivity contribution is 1.07. The SMILES string of the molecule is Br[CH]n1cccc1. The fraction of sp³-hybridized carbons (Fsp3) is 0. The average Bonchev–Trinajstić information content (AvgIpc) is 2.14. The van der Waals surface area contributed by atoms with E-state index in [4.69, 9.17) is 0 Å². The third-order valence-corrected chi connectivity index (χ3v) is 1.21. The Morgan fingerprint density at radius 2 is 1.86 bits per heavy atom. The van der Waals surface area contributed by atoms with Gasteiger partial charge >= 0.3 is 0 Å². The van der Waals surface area contributed by atoms with Crippen LogP contribution in [0.2, 0.25) is 0 Å². The van der Waals surface area contributed by atoms with Crippen LogP contribution < -0.4 is 0 Å². The van der Waals surface area contributed by atoms with Gasteiger partial charge in [-0.1, -0.05) is 15.9 Å². The van der Waals surface area contributed by atoms with E-state index < -0.39 is 0 Å². The smallest absolute Gasteiger partial charge is 0.119 e. The molecule has 1 heterocycles. The van der Waals surface area contributed by atoms with E-state index in [0.29, 0.717) is 0 Å². The van der Waals surface area contributed by atoms with Crippen molar-refractivity contribution in [3.8, 4) is 0 Å². The average molecular weight is 159 g/mol. The van der Waals surface area contributed by atoms with Gasteiger partial charge in [0.05, 0.1) is 0 Å². The van der Waals surface area contributed by atoms with Crippen molar-refractivity contribution in [2.75, 3.05) is 0 Å². The van der Waals surface area contributed by atoms with Gasteiger partial charge in [0.2, 0.25) is 0 Å². The van der Waals surface area contributed by atoms with Crippen LogP contribution in [0.25, 0.3) is 0 Å². The maximum Gasteiger partial charge on any atom is 0.119 e. The van der Waals surface area contributed by atoms with Crippen molar-refractivity contribution >= 4 is 15.9 Å². The molecule has 0 saturated heterocycles. The lowest BCUT2D eigenvalue weighted by atomic mass is 10.7. The quantitative estimate of drug-likeness (QED) is 0.589. The van der Waals surface area contributed by atoms with Gasteiger partial charge in [0.1, 0.15) is 5.45 Å². The van der Waals surface area contributed by atoms with E-state index in [-0.39, 0.29) is 0 Å². The first-order chi connectivity index (χ1) is 3.43. The van der Waals surface area contributed by atoms with Crippen LogP contribution in [0.15, 0.2) is 24.5 Å². The molecule has 2 heteroatoms. The van der Waals surface area contributed by atoms with Gasteiger partial charge < -0.3 is 4.57 Å². The second-order valence-corrected chi connectivity index (χ2v) is 1.64. The Hall–Kier alpha value is -0.240. The fourth-order valence-corrected chi connectivity index (χ4v) is 0.686. The summed E-state index contributed by atoms with van der Waals surface area (Å²) in [5, 5.41) is 0. The minimum Gasteiger partial charge on any atom is -0.338 e. The van der Waals surface area contributed by atoms with E-state index >= 15 is 0 Å². The summed E-state index contributed by atoms with van der Waals surface area (Å²) in [5.41, 5.74) is 1.81. The molecule has 1 rings (SSSR count). The third kappa shape index (κ3) is 1.06. The summed E-state index contributed by atoms with van der Waals surface area (Å²) in [7, 11) is 0. The van der Waals surface area contributed by atoms with Gasteiger partial charge in [-0.25, -0.2) is 0 Å². The Morgan fingerprint density at radius 3 is 2.14 bits per heavy atom. The molecule has 1 aromatic rings. The number of hydrogen-bond acceptors (Lipinski definition) is 0. The molecule has 1 radical (unpaired) electrons. The summed E-state index contributed by atoms with van der Waals surface area (Å²) in [6.45, 7) is 0. The van der Waals surface area contributed by atoms with Crippen LogP contribution in [0.1, 0.15) is 0 Å². The first-order valence-electron chi connectivity index (χ1n) is 1.99. The molecule has 0 aliphatic rings. The van der Waals surface area contributed by atoms with E-state index in [9.17, 15) is 0 Å². The van der Waals surface area contributed by atoms with Crippen LogP contribution in [0.3, 0.4) is 0 Å². The lowest BCUT2D eigenvalue weighted by Crippen LogP contribution is -1.78. The highest BCUT2D eigenvalue weighted by molar-refractivity contribution is 9.10. The van der Waals surface area contributed by atoms with Crippen LogP contribution in [0.5, 0.6) is 0 Å². The molecule has 0 aliphatic carbocycles. The zero-order valence-electron chi connectivity index (χ0n) is 3.71.